The predicted molar refractivity (Wildman–Crippen MR) is 115 cm³/mol. The minimum Gasteiger partial charge on any atom is -0.383 e. The molecule has 0 spiro atoms. The van der Waals surface area contributed by atoms with Crippen molar-refractivity contribution in [3.05, 3.63) is 64.1 Å². The zero-order chi connectivity index (χ0) is 16.9. The summed E-state index contributed by atoms with van der Waals surface area (Å²) in [4.78, 5) is 4.31. The average Bonchev–Trinajstić information content (AvgIpc) is 2.55. The summed E-state index contributed by atoms with van der Waals surface area (Å²) in [7, 11) is 0. The third-order valence-electron chi connectivity index (χ3n) is 3.80. The summed E-state index contributed by atoms with van der Waals surface area (Å²) in [5, 5.41) is 13.9. The number of nitrogens with two attached hydrogens (primary N) is 1. The second kappa shape index (κ2) is 9.39. The maximum atomic E-state index is 10.8. The highest BCUT2D eigenvalue weighted by atomic mass is 127. The van der Waals surface area contributed by atoms with Gasteiger partial charge in [0, 0.05) is 10.2 Å². The second-order valence-electron chi connectivity index (χ2n) is 5.58. The molecule has 6 heteroatoms. The first-order valence-electron chi connectivity index (χ1n) is 7.55. The van der Waals surface area contributed by atoms with E-state index in [9.17, 15) is 5.11 Å². The Labute approximate surface area is 168 Å². The van der Waals surface area contributed by atoms with Crippen LogP contribution >= 0.6 is 39.9 Å². The highest BCUT2D eigenvalue weighted by Crippen LogP contribution is 2.26. The summed E-state index contributed by atoms with van der Waals surface area (Å²) < 4.78 is 0.976. The summed E-state index contributed by atoms with van der Waals surface area (Å²) in [6.45, 7) is 4.16. The Balaban J connectivity index is 0.00000288. The van der Waals surface area contributed by atoms with Crippen molar-refractivity contribution in [3.8, 4) is 0 Å². The molecule has 2 aromatic rings. The number of nitrogens with one attached hydrogen (secondary N) is 1. The fourth-order valence-corrected chi connectivity index (χ4v) is 2.47. The lowest BCUT2D eigenvalue weighted by Crippen LogP contribution is -2.31. The lowest BCUT2D eigenvalue weighted by Gasteiger charge is -2.25. The van der Waals surface area contributed by atoms with Gasteiger partial charge in [0.25, 0.3) is 0 Å². The number of rotatable bonds is 5. The van der Waals surface area contributed by atoms with Crippen molar-refractivity contribution < 1.29 is 5.11 Å². The maximum absolute atomic E-state index is 10.8. The molecule has 2 rings (SSSR count). The van der Waals surface area contributed by atoms with Crippen LogP contribution in [0.5, 0.6) is 0 Å². The van der Waals surface area contributed by atoms with Crippen molar-refractivity contribution in [1.29, 1.82) is 0 Å². The number of hydrogen-bond acceptors (Lipinski definition) is 2. The molecule has 1 atom stereocenters. The van der Waals surface area contributed by atoms with Gasteiger partial charge < -0.3 is 16.2 Å². The van der Waals surface area contributed by atoms with Gasteiger partial charge in [-0.15, -0.1) is 24.0 Å². The van der Waals surface area contributed by atoms with Gasteiger partial charge in [-0.1, -0.05) is 52.7 Å². The van der Waals surface area contributed by atoms with Crippen LogP contribution in [-0.2, 0) is 5.60 Å². The minimum absolute atomic E-state index is 0. The van der Waals surface area contributed by atoms with Crippen LogP contribution < -0.4 is 11.1 Å². The summed E-state index contributed by atoms with van der Waals surface area (Å²) in [5.41, 5.74) is 7.79. The first-order chi connectivity index (χ1) is 10.9. The summed E-state index contributed by atoms with van der Waals surface area (Å²) >= 11 is 3.40. The molecule has 0 heterocycles. The van der Waals surface area contributed by atoms with Crippen LogP contribution in [0.2, 0.25) is 0 Å². The average molecular weight is 504 g/mol. The lowest BCUT2D eigenvalue weighted by atomic mass is 9.91. The number of aryl methyl sites for hydroxylation is 1. The SMILES string of the molecule is CCC(O)(CN=C(N)Nc1ccc(C)cc1)c1ccc(Br)cc1.I. The van der Waals surface area contributed by atoms with E-state index in [4.69, 9.17) is 5.73 Å². The molecular formula is C18H23BrIN3O. The molecule has 0 aliphatic carbocycles. The van der Waals surface area contributed by atoms with Crippen LogP contribution in [0.3, 0.4) is 0 Å². The van der Waals surface area contributed by atoms with E-state index in [1.165, 1.54) is 5.56 Å². The smallest absolute Gasteiger partial charge is 0.193 e. The zero-order valence-electron chi connectivity index (χ0n) is 13.8. The van der Waals surface area contributed by atoms with E-state index in [2.05, 4.69) is 26.2 Å². The molecule has 0 saturated carbocycles. The fraction of sp³-hybridized carbons (Fsp3) is 0.278. The molecule has 0 radical (unpaired) electrons. The monoisotopic (exact) mass is 503 g/mol. The number of aliphatic imine (C=N–C) groups is 1. The lowest BCUT2D eigenvalue weighted by molar-refractivity contribution is 0.0424. The van der Waals surface area contributed by atoms with Gasteiger partial charge in [0.15, 0.2) is 5.96 Å². The van der Waals surface area contributed by atoms with E-state index in [1.54, 1.807) is 0 Å². The molecule has 0 amide bonds. The van der Waals surface area contributed by atoms with Gasteiger partial charge in [0.05, 0.1) is 6.54 Å². The Kier molecular flexibility index (Phi) is 8.18. The van der Waals surface area contributed by atoms with E-state index in [0.717, 1.165) is 15.7 Å². The molecule has 0 aliphatic heterocycles. The Morgan fingerprint density at radius 2 is 1.75 bits per heavy atom. The summed E-state index contributed by atoms with van der Waals surface area (Å²) in [5.74, 6) is 0.290. The quantitative estimate of drug-likeness (QED) is 0.321. The molecule has 1 unspecified atom stereocenters. The topological polar surface area (TPSA) is 70.6 Å². The minimum atomic E-state index is -1.03. The van der Waals surface area contributed by atoms with Gasteiger partial charge in [0.2, 0.25) is 0 Å². The van der Waals surface area contributed by atoms with Gasteiger partial charge in [-0.25, -0.2) is 4.99 Å². The van der Waals surface area contributed by atoms with E-state index >= 15 is 0 Å². The van der Waals surface area contributed by atoms with Crippen LogP contribution in [0, 0.1) is 6.92 Å². The van der Waals surface area contributed by atoms with Crippen molar-refractivity contribution in [2.24, 2.45) is 10.7 Å². The van der Waals surface area contributed by atoms with Crippen LogP contribution in [-0.4, -0.2) is 17.6 Å². The predicted octanol–water partition coefficient (Wildman–Crippen LogP) is 4.40. The first-order valence-corrected chi connectivity index (χ1v) is 8.34. The number of anilines is 1. The Hall–Kier alpha value is -1.12. The fourth-order valence-electron chi connectivity index (χ4n) is 2.21. The zero-order valence-corrected chi connectivity index (χ0v) is 17.7. The van der Waals surface area contributed by atoms with Gasteiger partial charge in [-0.2, -0.15) is 0 Å². The standard InChI is InChI=1S/C18H22BrN3O.HI/c1-3-18(23,14-6-8-15(19)9-7-14)12-21-17(20)22-16-10-4-13(2)5-11-16;/h4-11,23H,3,12H2,1-2H3,(H3,20,21,22);1H. The number of benzene rings is 2. The Morgan fingerprint density at radius 1 is 1.17 bits per heavy atom. The van der Waals surface area contributed by atoms with Gasteiger partial charge in [-0.05, 0) is 43.2 Å². The molecule has 0 bridgehead atoms. The van der Waals surface area contributed by atoms with Crippen LogP contribution in [0.15, 0.2) is 58.0 Å². The molecule has 0 aromatic heterocycles. The van der Waals surface area contributed by atoms with Crippen LogP contribution in [0.25, 0.3) is 0 Å². The molecule has 130 valence electrons. The van der Waals surface area contributed by atoms with E-state index < -0.39 is 5.60 Å². The largest absolute Gasteiger partial charge is 0.383 e. The number of guanidine groups is 1. The number of hydrogen-bond donors (Lipinski definition) is 3. The first kappa shape index (κ1) is 20.9. The number of aliphatic hydroxyl groups is 1. The normalized spacial score (nSPS) is 13.8. The highest BCUT2D eigenvalue weighted by molar-refractivity contribution is 14.0. The molecule has 4 N–H and O–H groups in total. The molecule has 0 saturated heterocycles. The molecule has 0 fully saturated rings. The summed E-state index contributed by atoms with van der Waals surface area (Å²) in [6.07, 6.45) is 0.552. The molecule has 0 aliphatic rings. The Morgan fingerprint density at radius 3 is 2.29 bits per heavy atom. The second-order valence-corrected chi connectivity index (χ2v) is 6.50. The highest BCUT2D eigenvalue weighted by Gasteiger charge is 2.26. The number of nitrogens with zero attached hydrogens (tertiary/aromatic N) is 1. The van der Waals surface area contributed by atoms with Gasteiger partial charge in [-0.3, -0.25) is 0 Å². The molecular weight excluding hydrogens is 481 g/mol. The van der Waals surface area contributed by atoms with Gasteiger partial charge >= 0.3 is 0 Å². The van der Waals surface area contributed by atoms with Crippen molar-refractivity contribution in [2.45, 2.75) is 25.9 Å². The maximum Gasteiger partial charge on any atom is 0.193 e. The van der Waals surface area contributed by atoms with Crippen molar-refractivity contribution in [3.63, 3.8) is 0 Å². The van der Waals surface area contributed by atoms with E-state index in [0.29, 0.717) is 6.42 Å². The van der Waals surface area contributed by atoms with Gasteiger partial charge in [0.1, 0.15) is 5.60 Å². The summed E-state index contributed by atoms with van der Waals surface area (Å²) in [6, 6.07) is 15.5. The number of halogens is 2. The molecule has 2 aromatic carbocycles. The van der Waals surface area contributed by atoms with Crippen molar-refractivity contribution in [1.82, 2.24) is 0 Å². The van der Waals surface area contributed by atoms with Crippen molar-refractivity contribution >= 4 is 51.6 Å². The van der Waals surface area contributed by atoms with Crippen LogP contribution in [0.4, 0.5) is 5.69 Å². The van der Waals surface area contributed by atoms with E-state index in [1.807, 2.05) is 62.4 Å². The third-order valence-corrected chi connectivity index (χ3v) is 4.33. The third kappa shape index (κ3) is 5.75. The molecule has 4 nitrogen and oxygen atoms in total. The molecule has 24 heavy (non-hydrogen) atoms. The van der Waals surface area contributed by atoms with Crippen molar-refractivity contribution in [2.75, 3.05) is 11.9 Å². The Bertz CT molecular complexity index is 674. The van der Waals surface area contributed by atoms with Crippen LogP contribution in [0.1, 0.15) is 24.5 Å². The van der Waals surface area contributed by atoms with E-state index in [-0.39, 0.29) is 36.5 Å².